The van der Waals surface area contributed by atoms with Gasteiger partial charge in [0.15, 0.2) is 11.6 Å². The number of rotatable bonds is 8. The Hall–Kier alpha value is -3.22. The molecule has 0 saturated heterocycles. The van der Waals surface area contributed by atoms with E-state index in [9.17, 15) is 18.8 Å². The molecule has 2 aromatic carbocycles. The number of carbonyl (C=O) groups excluding carboxylic acids is 3. The Morgan fingerprint density at radius 2 is 1.50 bits per heavy atom. The lowest BCUT2D eigenvalue weighted by atomic mass is 10.0. The zero-order valence-electron chi connectivity index (χ0n) is 17.5. The van der Waals surface area contributed by atoms with Crippen molar-refractivity contribution in [3.05, 3.63) is 59.9 Å². The van der Waals surface area contributed by atoms with Crippen LogP contribution in [0.4, 0.5) is 9.18 Å². The minimum absolute atomic E-state index is 0.0816. The molecule has 2 aromatic rings. The molecule has 0 aromatic heterocycles. The van der Waals surface area contributed by atoms with Crippen LogP contribution < -0.4 is 10.1 Å². The lowest BCUT2D eigenvalue weighted by Gasteiger charge is -2.22. The molecule has 2 rings (SSSR count). The minimum atomic E-state index is -0.801. The van der Waals surface area contributed by atoms with Crippen molar-refractivity contribution in [2.24, 2.45) is 0 Å². The number of amides is 1. The van der Waals surface area contributed by atoms with Crippen LogP contribution in [0.2, 0.25) is 0 Å². The van der Waals surface area contributed by atoms with E-state index in [1.165, 1.54) is 31.2 Å². The molecule has 7 heteroatoms. The van der Waals surface area contributed by atoms with Crippen molar-refractivity contribution in [1.29, 1.82) is 0 Å². The summed E-state index contributed by atoms with van der Waals surface area (Å²) in [6.45, 7) is 6.53. The molecule has 0 fully saturated rings. The average Bonchev–Trinajstić information content (AvgIpc) is 2.65. The van der Waals surface area contributed by atoms with Gasteiger partial charge in [-0.1, -0.05) is 0 Å². The Kier molecular flexibility index (Phi) is 7.69. The number of Topliss-reactive ketones (excluding diaryl/α,β-unsaturated/α-hetero) is 2. The fourth-order valence-electron chi connectivity index (χ4n) is 2.59. The van der Waals surface area contributed by atoms with Crippen molar-refractivity contribution in [2.75, 3.05) is 0 Å². The molecule has 6 nitrogen and oxygen atoms in total. The van der Waals surface area contributed by atoms with Crippen LogP contribution in [0.25, 0.3) is 0 Å². The zero-order valence-corrected chi connectivity index (χ0v) is 17.5. The maximum absolute atomic E-state index is 12.9. The Morgan fingerprint density at radius 1 is 0.967 bits per heavy atom. The van der Waals surface area contributed by atoms with Gasteiger partial charge in [-0.05, 0) is 82.6 Å². The predicted molar refractivity (Wildman–Crippen MR) is 110 cm³/mol. The van der Waals surface area contributed by atoms with E-state index in [0.29, 0.717) is 17.1 Å². The van der Waals surface area contributed by atoms with Gasteiger partial charge in [0.05, 0.1) is 6.04 Å². The number of benzene rings is 2. The van der Waals surface area contributed by atoms with Crippen LogP contribution in [0.15, 0.2) is 48.5 Å². The number of carbonyl (C=O) groups is 3. The number of ketones is 2. The number of nitrogens with one attached hydrogen (secondary N) is 1. The molecule has 160 valence electrons. The molecule has 30 heavy (non-hydrogen) atoms. The highest BCUT2D eigenvalue weighted by atomic mass is 19.1. The quantitative estimate of drug-likeness (QED) is 0.609. The van der Waals surface area contributed by atoms with E-state index in [4.69, 9.17) is 9.47 Å². The van der Waals surface area contributed by atoms with E-state index >= 15 is 0 Å². The molecule has 1 unspecified atom stereocenters. The third kappa shape index (κ3) is 7.66. The highest BCUT2D eigenvalue weighted by molar-refractivity contribution is 5.96. The lowest BCUT2D eigenvalue weighted by Crippen LogP contribution is -2.42. The monoisotopic (exact) mass is 415 g/mol. The SMILES string of the molecule is CC(=O)C(CCC(=O)c1ccc(Oc2ccc(F)cc2)cc1)NC(=O)OC(C)(C)C. The van der Waals surface area contributed by atoms with E-state index in [2.05, 4.69) is 5.32 Å². The third-order valence-electron chi connectivity index (χ3n) is 4.07. The van der Waals surface area contributed by atoms with Crippen molar-refractivity contribution < 1.29 is 28.2 Å². The summed E-state index contributed by atoms with van der Waals surface area (Å²) >= 11 is 0. The molecule has 0 saturated carbocycles. The van der Waals surface area contributed by atoms with Crippen LogP contribution in [-0.2, 0) is 9.53 Å². The van der Waals surface area contributed by atoms with Crippen LogP contribution in [0.3, 0.4) is 0 Å². The van der Waals surface area contributed by atoms with Gasteiger partial charge in [0.25, 0.3) is 0 Å². The molecule has 0 aliphatic heterocycles. The van der Waals surface area contributed by atoms with Crippen molar-refractivity contribution >= 4 is 17.7 Å². The highest BCUT2D eigenvalue weighted by Gasteiger charge is 2.23. The molecule has 0 aliphatic carbocycles. The molecule has 1 atom stereocenters. The molecule has 1 amide bonds. The van der Waals surface area contributed by atoms with E-state index in [1.807, 2.05) is 0 Å². The first-order valence-electron chi connectivity index (χ1n) is 9.60. The average molecular weight is 415 g/mol. The first-order chi connectivity index (χ1) is 14.0. The van der Waals surface area contributed by atoms with Crippen LogP contribution >= 0.6 is 0 Å². The van der Waals surface area contributed by atoms with Crippen molar-refractivity contribution in [3.63, 3.8) is 0 Å². The zero-order chi connectivity index (χ0) is 22.3. The summed E-state index contributed by atoms with van der Waals surface area (Å²) in [6.07, 6.45) is -0.447. The van der Waals surface area contributed by atoms with Gasteiger partial charge in [0.1, 0.15) is 22.9 Å². The van der Waals surface area contributed by atoms with Gasteiger partial charge < -0.3 is 14.8 Å². The topological polar surface area (TPSA) is 81.7 Å². The molecule has 0 aliphatic rings. The second-order valence-electron chi connectivity index (χ2n) is 7.85. The number of hydrogen-bond acceptors (Lipinski definition) is 5. The second-order valence-corrected chi connectivity index (χ2v) is 7.85. The summed E-state index contributed by atoms with van der Waals surface area (Å²) in [5.41, 5.74) is -0.222. The van der Waals surface area contributed by atoms with Gasteiger partial charge >= 0.3 is 6.09 Å². The van der Waals surface area contributed by atoms with Gasteiger partial charge in [-0.2, -0.15) is 0 Å². The summed E-state index contributed by atoms with van der Waals surface area (Å²) in [4.78, 5) is 36.2. The Balaban J connectivity index is 1.91. The fraction of sp³-hybridized carbons (Fsp3) is 0.348. The smallest absolute Gasteiger partial charge is 0.408 e. The number of ether oxygens (including phenoxy) is 2. The molecule has 1 N–H and O–H groups in total. The molecule has 0 spiro atoms. The predicted octanol–water partition coefficient (Wildman–Crippen LogP) is 5.06. The highest BCUT2D eigenvalue weighted by Crippen LogP contribution is 2.22. The Labute approximate surface area is 175 Å². The van der Waals surface area contributed by atoms with E-state index < -0.39 is 17.7 Å². The standard InChI is InChI=1S/C23H26FNO5/c1-15(26)20(25-22(28)30-23(2,3)4)13-14-21(27)16-5-9-18(10-6-16)29-19-11-7-17(24)8-12-19/h5-12,20H,13-14H2,1-4H3,(H,25,28). The second kappa shape index (κ2) is 10.0. The number of alkyl carbamates (subject to hydrolysis) is 1. The van der Waals surface area contributed by atoms with Crippen LogP contribution in [-0.4, -0.2) is 29.3 Å². The molecule has 0 heterocycles. The minimum Gasteiger partial charge on any atom is -0.457 e. The van der Waals surface area contributed by atoms with Gasteiger partial charge in [-0.15, -0.1) is 0 Å². The van der Waals surface area contributed by atoms with Crippen molar-refractivity contribution in [2.45, 2.75) is 52.2 Å². The van der Waals surface area contributed by atoms with Crippen LogP contribution in [0.1, 0.15) is 50.9 Å². The third-order valence-corrected chi connectivity index (χ3v) is 4.07. The lowest BCUT2D eigenvalue weighted by molar-refractivity contribution is -0.119. The first-order valence-corrected chi connectivity index (χ1v) is 9.60. The van der Waals surface area contributed by atoms with Crippen molar-refractivity contribution in [1.82, 2.24) is 5.32 Å². The molecular weight excluding hydrogens is 389 g/mol. The molecule has 0 bridgehead atoms. The number of halogens is 1. The Morgan fingerprint density at radius 3 is 2.00 bits per heavy atom. The number of hydrogen-bond donors (Lipinski definition) is 1. The van der Waals surface area contributed by atoms with Crippen LogP contribution in [0, 0.1) is 5.82 Å². The Bertz CT molecular complexity index is 885. The fourth-order valence-corrected chi connectivity index (χ4v) is 2.59. The van der Waals surface area contributed by atoms with Gasteiger partial charge in [-0.25, -0.2) is 9.18 Å². The summed E-state index contributed by atoms with van der Waals surface area (Å²) < 4.78 is 23.7. The summed E-state index contributed by atoms with van der Waals surface area (Å²) in [7, 11) is 0. The first kappa shape index (κ1) is 23.1. The summed E-state index contributed by atoms with van der Waals surface area (Å²) in [5, 5.41) is 2.51. The maximum Gasteiger partial charge on any atom is 0.408 e. The van der Waals surface area contributed by atoms with Gasteiger partial charge in [0.2, 0.25) is 0 Å². The molecular formula is C23H26FNO5. The molecule has 0 radical (unpaired) electrons. The van der Waals surface area contributed by atoms with E-state index in [1.54, 1.807) is 45.0 Å². The summed E-state index contributed by atoms with van der Waals surface area (Å²) in [5.74, 6) is 0.213. The summed E-state index contributed by atoms with van der Waals surface area (Å²) in [6, 6.07) is 11.3. The van der Waals surface area contributed by atoms with Crippen LogP contribution in [0.5, 0.6) is 11.5 Å². The van der Waals surface area contributed by atoms with Gasteiger partial charge in [0, 0.05) is 12.0 Å². The van der Waals surface area contributed by atoms with Crippen molar-refractivity contribution in [3.8, 4) is 11.5 Å². The maximum atomic E-state index is 12.9. The normalized spacial score (nSPS) is 12.0. The van der Waals surface area contributed by atoms with E-state index in [0.717, 1.165) is 0 Å². The van der Waals surface area contributed by atoms with Gasteiger partial charge in [-0.3, -0.25) is 9.59 Å². The van der Waals surface area contributed by atoms with E-state index in [-0.39, 0.29) is 30.2 Å². The largest absolute Gasteiger partial charge is 0.457 e.